The van der Waals surface area contributed by atoms with Gasteiger partial charge in [-0.05, 0) is 63.5 Å². The van der Waals surface area contributed by atoms with Crippen molar-refractivity contribution in [3.05, 3.63) is 51.6 Å². The summed E-state index contributed by atoms with van der Waals surface area (Å²) in [5.41, 5.74) is 3.14. The fraction of sp³-hybridized carbons (Fsp3) is 0.450. The number of hydrogen-bond donors (Lipinski definition) is 0. The molecular formula is C20H24N4OS. The SMILES string of the molecule is Cc1cc2nc(C(=O)N3CCCC[C@H]3CCc3cccs3)cc(C)n2n1. The Balaban J connectivity index is 1.56. The number of thiophene rings is 1. The molecular weight excluding hydrogens is 344 g/mol. The summed E-state index contributed by atoms with van der Waals surface area (Å²) in [5, 5.41) is 6.55. The van der Waals surface area contributed by atoms with Crippen molar-refractivity contribution in [1.82, 2.24) is 19.5 Å². The van der Waals surface area contributed by atoms with Crippen LogP contribution < -0.4 is 0 Å². The topological polar surface area (TPSA) is 50.5 Å². The predicted octanol–water partition coefficient (Wildman–Crippen LogP) is 4.04. The van der Waals surface area contributed by atoms with Gasteiger partial charge in [0.25, 0.3) is 5.91 Å². The summed E-state index contributed by atoms with van der Waals surface area (Å²) in [6.45, 7) is 4.75. The molecule has 0 bridgehead atoms. The third-order valence-electron chi connectivity index (χ3n) is 5.14. The van der Waals surface area contributed by atoms with E-state index in [1.807, 2.05) is 26.0 Å². The van der Waals surface area contributed by atoms with Crippen molar-refractivity contribution in [3.8, 4) is 0 Å². The fourth-order valence-corrected chi connectivity index (χ4v) is 4.55. The van der Waals surface area contributed by atoms with Crippen LogP contribution >= 0.6 is 11.3 Å². The Kier molecular flexibility index (Phi) is 4.76. The zero-order valence-corrected chi connectivity index (χ0v) is 16.1. The minimum atomic E-state index is 0.0605. The molecule has 0 spiro atoms. The van der Waals surface area contributed by atoms with E-state index in [9.17, 15) is 4.79 Å². The number of amides is 1. The molecule has 0 unspecified atom stereocenters. The summed E-state index contributed by atoms with van der Waals surface area (Å²) in [6.07, 6.45) is 5.43. The lowest BCUT2D eigenvalue weighted by Crippen LogP contribution is -2.44. The molecule has 1 amide bonds. The molecule has 136 valence electrons. The summed E-state index contributed by atoms with van der Waals surface area (Å²) in [4.78, 5) is 21.2. The third-order valence-corrected chi connectivity index (χ3v) is 6.07. The first kappa shape index (κ1) is 17.2. The summed E-state index contributed by atoms with van der Waals surface area (Å²) in [7, 11) is 0. The first-order valence-corrected chi connectivity index (χ1v) is 10.2. The van der Waals surface area contributed by atoms with Crippen molar-refractivity contribution >= 4 is 22.9 Å². The van der Waals surface area contributed by atoms with Gasteiger partial charge in [-0.3, -0.25) is 4.79 Å². The molecule has 0 saturated carbocycles. The third kappa shape index (κ3) is 3.38. The number of rotatable bonds is 4. The summed E-state index contributed by atoms with van der Waals surface area (Å²) in [5.74, 6) is 0.0605. The van der Waals surface area contributed by atoms with Gasteiger partial charge in [0.1, 0.15) is 5.69 Å². The molecule has 0 radical (unpaired) electrons. The van der Waals surface area contributed by atoms with E-state index >= 15 is 0 Å². The highest BCUT2D eigenvalue weighted by molar-refractivity contribution is 7.09. The van der Waals surface area contributed by atoms with E-state index in [0.717, 1.165) is 49.3 Å². The molecule has 1 atom stereocenters. The number of carbonyl (C=O) groups excluding carboxylic acids is 1. The van der Waals surface area contributed by atoms with Gasteiger partial charge in [-0.25, -0.2) is 9.50 Å². The van der Waals surface area contributed by atoms with Crippen LogP contribution in [0.2, 0.25) is 0 Å². The number of aryl methyl sites for hydroxylation is 3. The number of likely N-dealkylation sites (tertiary alicyclic amines) is 1. The molecule has 26 heavy (non-hydrogen) atoms. The molecule has 4 heterocycles. The normalized spacial score (nSPS) is 17.8. The van der Waals surface area contributed by atoms with Crippen molar-refractivity contribution in [2.45, 2.75) is 52.0 Å². The van der Waals surface area contributed by atoms with Gasteiger partial charge < -0.3 is 4.90 Å². The van der Waals surface area contributed by atoms with Crippen molar-refractivity contribution < 1.29 is 4.79 Å². The van der Waals surface area contributed by atoms with Gasteiger partial charge in [0.2, 0.25) is 0 Å². The quantitative estimate of drug-likeness (QED) is 0.698. The molecule has 1 aliphatic heterocycles. The minimum Gasteiger partial charge on any atom is -0.334 e. The minimum absolute atomic E-state index is 0.0605. The summed E-state index contributed by atoms with van der Waals surface area (Å²) in [6, 6.07) is 8.38. The molecule has 4 rings (SSSR count). The second-order valence-electron chi connectivity index (χ2n) is 7.10. The van der Waals surface area contributed by atoms with Crippen LogP contribution in [0.5, 0.6) is 0 Å². The number of hydrogen-bond acceptors (Lipinski definition) is 4. The van der Waals surface area contributed by atoms with Gasteiger partial charge in [0, 0.05) is 29.2 Å². The lowest BCUT2D eigenvalue weighted by molar-refractivity contribution is 0.0596. The zero-order valence-electron chi connectivity index (χ0n) is 15.3. The highest BCUT2D eigenvalue weighted by Crippen LogP contribution is 2.24. The molecule has 1 aliphatic rings. The predicted molar refractivity (Wildman–Crippen MR) is 104 cm³/mol. The molecule has 3 aromatic heterocycles. The largest absolute Gasteiger partial charge is 0.334 e. The van der Waals surface area contributed by atoms with E-state index in [4.69, 9.17) is 0 Å². The standard InChI is InChI=1S/C20H24N4OS/c1-14-12-19-21-18(13-15(2)24(19)22-14)20(25)23-10-4-3-6-16(23)8-9-17-7-5-11-26-17/h5,7,11-13,16H,3-4,6,8-10H2,1-2H3/t16-/m0/s1. The van der Waals surface area contributed by atoms with Crippen LogP contribution in [-0.2, 0) is 6.42 Å². The van der Waals surface area contributed by atoms with Crippen LogP contribution in [0.15, 0.2) is 29.6 Å². The Labute approximate surface area is 157 Å². The molecule has 1 fully saturated rings. The highest BCUT2D eigenvalue weighted by atomic mass is 32.1. The van der Waals surface area contributed by atoms with Crippen LogP contribution in [0.25, 0.3) is 5.65 Å². The maximum Gasteiger partial charge on any atom is 0.272 e. The Morgan fingerprint density at radius 2 is 2.19 bits per heavy atom. The summed E-state index contributed by atoms with van der Waals surface area (Å²) < 4.78 is 1.80. The van der Waals surface area contributed by atoms with E-state index in [-0.39, 0.29) is 5.91 Å². The Hall–Kier alpha value is -2.21. The van der Waals surface area contributed by atoms with Gasteiger partial charge in [0.15, 0.2) is 5.65 Å². The highest BCUT2D eigenvalue weighted by Gasteiger charge is 2.28. The molecule has 0 aromatic carbocycles. The van der Waals surface area contributed by atoms with Crippen molar-refractivity contribution in [3.63, 3.8) is 0 Å². The van der Waals surface area contributed by atoms with Crippen LogP contribution in [-0.4, -0.2) is 38.0 Å². The van der Waals surface area contributed by atoms with Crippen LogP contribution in [0.1, 0.15) is 52.4 Å². The van der Waals surface area contributed by atoms with E-state index in [1.54, 1.807) is 15.9 Å². The van der Waals surface area contributed by atoms with E-state index in [1.165, 1.54) is 11.3 Å². The Bertz CT molecular complexity index is 915. The van der Waals surface area contributed by atoms with E-state index in [2.05, 4.69) is 32.5 Å². The second kappa shape index (κ2) is 7.19. The molecule has 0 aliphatic carbocycles. The number of carbonyl (C=O) groups is 1. The molecule has 3 aromatic rings. The number of nitrogens with zero attached hydrogens (tertiary/aromatic N) is 4. The number of piperidine rings is 1. The first-order valence-electron chi connectivity index (χ1n) is 9.29. The Morgan fingerprint density at radius 1 is 1.31 bits per heavy atom. The van der Waals surface area contributed by atoms with Crippen LogP contribution in [0.4, 0.5) is 0 Å². The average Bonchev–Trinajstić information content (AvgIpc) is 3.28. The lowest BCUT2D eigenvalue weighted by atomic mass is 9.97. The average molecular weight is 369 g/mol. The molecule has 1 saturated heterocycles. The van der Waals surface area contributed by atoms with Crippen LogP contribution in [0, 0.1) is 13.8 Å². The zero-order chi connectivity index (χ0) is 18.1. The van der Waals surface area contributed by atoms with Crippen LogP contribution in [0.3, 0.4) is 0 Å². The second-order valence-corrected chi connectivity index (χ2v) is 8.14. The maximum atomic E-state index is 13.2. The number of fused-ring (bicyclic) bond motifs is 1. The number of aromatic nitrogens is 3. The van der Waals surface area contributed by atoms with Gasteiger partial charge >= 0.3 is 0 Å². The van der Waals surface area contributed by atoms with E-state index < -0.39 is 0 Å². The van der Waals surface area contributed by atoms with E-state index in [0.29, 0.717) is 11.7 Å². The van der Waals surface area contributed by atoms with Gasteiger partial charge in [-0.1, -0.05) is 6.07 Å². The maximum absolute atomic E-state index is 13.2. The van der Waals surface area contributed by atoms with Crippen molar-refractivity contribution in [2.75, 3.05) is 6.54 Å². The van der Waals surface area contributed by atoms with Crippen molar-refractivity contribution in [2.24, 2.45) is 0 Å². The van der Waals surface area contributed by atoms with Gasteiger partial charge in [0.05, 0.1) is 5.69 Å². The molecule has 5 nitrogen and oxygen atoms in total. The van der Waals surface area contributed by atoms with Gasteiger partial charge in [-0.15, -0.1) is 11.3 Å². The molecule has 0 N–H and O–H groups in total. The first-order chi connectivity index (χ1) is 12.6. The monoisotopic (exact) mass is 368 g/mol. The van der Waals surface area contributed by atoms with Crippen molar-refractivity contribution in [1.29, 1.82) is 0 Å². The summed E-state index contributed by atoms with van der Waals surface area (Å²) >= 11 is 1.80. The molecule has 6 heteroatoms. The lowest BCUT2D eigenvalue weighted by Gasteiger charge is -2.35. The smallest absolute Gasteiger partial charge is 0.272 e. The Morgan fingerprint density at radius 3 is 3.00 bits per heavy atom. The van der Waals surface area contributed by atoms with Gasteiger partial charge in [-0.2, -0.15) is 5.10 Å². The fourth-order valence-electron chi connectivity index (χ4n) is 3.83.